The van der Waals surface area contributed by atoms with E-state index < -0.39 is 12.2 Å². The van der Waals surface area contributed by atoms with Gasteiger partial charge in [0, 0.05) is 6.42 Å². The van der Waals surface area contributed by atoms with Gasteiger partial charge >= 0.3 is 5.97 Å². The van der Waals surface area contributed by atoms with Gasteiger partial charge in [-0.15, -0.1) is 0 Å². The SMILES string of the molecule is NC(O)CCCCC(=O)O. The minimum atomic E-state index is -0.800. The summed E-state index contributed by atoms with van der Waals surface area (Å²) in [5.41, 5.74) is 5.02. The van der Waals surface area contributed by atoms with Gasteiger partial charge < -0.3 is 15.9 Å². The third-order valence-corrected chi connectivity index (χ3v) is 1.14. The Bertz CT molecular complexity index is 103. The van der Waals surface area contributed by atoms with Crippen molar-refractivity contribution in [3.63, 3.8) is 0 Å². The van der Waals surface area contributed by atoms with Crippen molar-refractivity contribution in [1.29, 1.82) is 0 Å². The highest BCUT2D eigenvalue weighted by Crippen LogP contribution is 2.00. The van der Waals surface area contributed by atoms with E-state index in [0.29, 0.717) is 19.3 Å². The Morgan fingerprint density at radius 3 is 2.50 bits per heavy atom. The molecule has 0 bridgehead atoms. The van der Waals surface area contributed by atoms with E-state index in [1.807, 2.05) is 0 Å². The number of aliphatic hydroxyl groups excluding tert-OH is 1. The van der Waals surface area contributed by atoms with Crippen molar-refractivity contribution >= 4 is 5.97 Å². The zero-order valence-corrected chi connectivity index (χ0v) is 5.79. The summed E-state index contributed by atoms with van der Waals surface area (Å²) in [6, 6.07) is 0. The number of rotatable bonds is 5. The predicted octanol–water partition coefficient (Wildman–Crippen LogP) is -0.0915. The number of aliphatic hydroxyl groups is 1. The van der Waals surface area contributed by atoms with Crippen LogP contribution in [0.5, 0.6) is 0 Å². The molecule has 0 radical (unpaired) electrons. The number of carboxylic acids is 1. The molecule has 0 saturated heterocycles. The first-order valence-corrected chi connectivity index (χ1v) is 3.28. The van der Waals surface area contributed by atoms with Gasteiger partial charge in [-0.1, -0.05) is 0 Å². The molecule has 4 heteroatoms. The van der Waals surface area contributed by atoms with Crippen LogP contribution in [0.2, 0.25) is 0 Å². The van der Waals surface area contributed by atoms with Crippen molar-refractivity contribution in [2.75, 3.05) is 0 Å². The molecule has 0 rings (SSSR count). The Morgan fingerprint density at radius 2 is 2.10 bits per heavy atom. The molecule has 1 atom stereocenters. The van der Waals surface area contributed by atoms with Crippen LogP contribution in [0.1, 0.15) is 25.7 Å². The largest absolute Gasteiger partial charge is 0.481 e. The molecule has 0 saturated carbocycles. The molecule has 1 unspecified atom stereocenters. The standard InChI is InChI=1S/C6H13NO3/c7-5(8)3-1-2-4-6(9)10/h5,8H,1-4,7H2,(H,9,10). The second kappa shape index (κ2) is 5.20. The molecular formula is C6H13NO3. The van der Waals surface area contributed by atoms with E-state index in [4.69, 9.17) is 15.9 Å². The maximum Gasteiger partial charge on any atom is 0.303 e. The maximum atomic E-state index is 9.95. The highest BCUT2D eigenvalue weighted by atomic mass is 16.4. The Morgan fingerprint density at radius 1 is 1.50 bits per heavy atom. The molecule has 10 heavy (non-hydrogen) atoms. The molecule has 4 nitrogen and oxygen atoms in total. The molecule has 4 N–H and O–H groups in total. The molecule has 0 spiro atoms. The van der Waals surface area contributed by atoms with E-state index in [2.05, 4.69) is 0 Å². The number of aliphatic carboxylic acids is 1. The summed E-state index contributed by atoms with van der Waals surface area (Å²) in [5, 5.41) is 16.7. The van der Waals surface area contributed by atoms with Gasteiger partial charge in [0.2, 0.25) is 0 Å². The van der Waals surface area contributed by atoms with Gasteiger partial charge in [-0.2, -0.15) is 0 Å². The zero-order chi connectivity index (χ0) is 7.98. The number of hydrogen-bond acceptors (Lipinski definition) is 3. The number of hydrogen-bond donors (Lipinski definition) is 3. The minimum Gasteiger partial charge on any atom is -0.481 e. The van der Waals surface area contributed by atoms with Crippen LogP contribution in [0.25, 0.3) is 0 Å². The number of nitrogens with two attached hydrogens (primary N) is 1. The Balaban J connectivity index is 2.98. The smallest absolute Gasteiger partial charge is 0.303 e. The molecule has 0 aliphatic rings. The molecule has 0 heterocycles. The van der Waals surface area contributed by atoms with Crippen LogP contribution < -0.4 is 5.73 Å². The van der Waals surface area contributed by atoms with Gasteiger partial charge in [0.1, 0.15) is 6.23 Å². The van der Waals surface area contributed by atoms with E-state index in [-0.39, 0.29) is 6.42 Å². The molecule has 60 valence electrons. The first kappa shape index (κ1) is 9.39. The van der Waals surface area contributed by atoms with Crippen molar-refractivity contribution in [3.05, 3.63) is 0 Å². The van der Waals surface area contributed by atoms with Gasteiger partial charge in [0.15, 0.2) is 0 Å². The quantitative estimate of drug-likeness (QED) is 0.375. The van der Waals surface area contributed by atoms with Crippen LogP contribution in [0.15, 0.2) is 0 Å². The fraction of sp³-hybridized carbons (Fsp3) is 0.833. The lowest BCUT2D eigenvalue weighted by Crippen LogP contribution is -2.18. The fourth-order valence-electron chi connectivity index (χ4n) is 0.630. The van der Waals surface area contributed by atoms with Crippen LogP contribution in [-0.4, -0.2) is 22.4 Å². The zero-order valence-electron chi connectivity index (χ0n) is 5.79. The van der Waals surface area contributed by atoms with Gasteiger partial charge in [-0.05, 0) is 19.3 Å². The van der Waals surface area contributed by atoms with Crippen LogP contribution >= 0.6 is 0 Å². The highest BCUT2D eigenvalue weighted by molar-refractivity contribution is 5.66. The van der Waals surface area contributed by atoms with Gasteiger partial charge in [0.25, 0.3) is 0 Å². The number of carboxylic acid groups (broad SMARTS) is 1. The topological polar surface area (TPSA) is 83.5 Å². The normalized spacial score (nSPS) is 13.0. The Kier molecular flexibility index (Phi) is 4.88. The van der Waals surface area contributed by atoms with Crippen LogP contribution in [-0.2, 0) is 4.79 Å². The molecule has 0 aromatic rings. The van der Waals surface area contributed by atoms with Crippen molar-refractivity contribution in [3.8, 4) is 0 Å². The average molecular weight is 147 g/mol. The molecule has 0 aromatic heterocycles. The first-order valence-electron chi connectivity index (χ1n) is 3.28. The summed E-state index contributed by atoms with van der Waals surface area (Å²) >= 11 is 0. The molecule has 0 aliphatic heterocycles. The molecular weight excluding hydrogens is 134 g/mol. The third-order valence-electron chi connectivity index (χ3n) is 1.14. The minimum absolute atomic E-state index is 0.159. The average Bonchev–Trinajstić information content (AvgIpc) is 1.79. The molecule has 0 fully saturated rings. The first-order chi connectivity index (χ1) is 4.63. The number of unbranched alkanes of at least 4 members (excludes halogenated alkanes) is 1. The summed E-state index contributed by atoms with van der Waals surface area (Å²) in [6.45, 7) is 0. The van der Waals surface area contributed by atoms with Gasteiger partial charge in [-0.3, -0.25) is 4.79 Å². The van der Waals surface area contributed by atoms with E-state index in [0.717, 1.165) is 0 Å². The second-order valence-electron chi connectivity index (χ2n) is 2.21. The van der Waals surface area contributed by atoms with Gasteiger partial charge in [-0.25, -0.2) is 0 Å². The summed E-state index contributed by atoms with van der Waals surface area (Å²) in [7, 11) is 0. The summed E-state index contributed by atoms with van der Waals surface area (Å²) in [5.74, 6) is -0.800. The van der Waals surface area contributed by atoms with Crippen LogP contribution in [0.3, 0.4) is 0 Å². The second-order valence-corrected chi connectivity index (χ2v) is 2.21. The van der Waals surface area contributed by atoms with E-state index in [1.54, 1.807) is 0 Å². The molecule has 0 aliphatic carbocycles. The monoisotopic (exact) mass is 147 g/mol. The summed E-state index contributed by atoms with van der Waals surface area (Å²) in [6.07, 6.45) is 1.10. The Hall–Kier alpha value is -0.610. The molecule has 0 amide bonds. The lowest BCUT2D eigenvalue weighted by atomic mass is 10.2. The van der Waals surface area contributed by atoms with Crippen molar-refractivity contribution in [2.45, 2.75) is 31.9 Å². The Labute approximate surface area is 59.7 Å². The van der Waals surface area contributed by atoms with E-state index >= 15 is 0 Å². The lowest BCUT2D eigenvalue weighted by molar-refractivity contribution is -0.137. The van der Waals surface area contributed by atoms with Crippen molar-refractivity contribution in [1.82, 2.24) is 0 Å². The lowest BCUT2D eigenvalue weighted by Gasteiger charge is -2.00. The summed E-state index contributed by atoms with van der Waals surface area (Å²) < 4.78 is 0. The van der Waals surface area contributed by atoms with Crippen molar-refractivity contribution in [2.24, 2.45) is 5.73 Å². The maximum absolute atomic E-state index is 9.95. The van der Waals surface area contributed by atoms with Gasteiger partial charge in [0.05, 0.1) is 0 Å². The third kappa shape index (κ3) is 7.39. The fourth-order valence-corrected chi connectivity index (χ4v) is 0.630. The highest BCUT2D eigenvalue weighted by Gasteiger charge is 1.98. The number of carbonyl (C=O) groups is 1. The van der Waals surface area contributed by atoms with E-state index in [9.17, 15) is 4.79 Å². The predicted molar refractivity (Wildman–Crippen MR) is 36.3 cm³/mol. The van der Waals surface area contributed by atoms with Crippen LogP contribution in [0.4, 0.5) is 0 Å². The van der Waals surface area contributed by atoms with Crippen LogP contribution in [0, 0.1) is 0 Å². The van der Waals surface area contributed by atoms with Crippen molar-refractivity contribution < 1.29 is 15.0 Å². The van der Waals surface area contributed by atoms with E-state index in [1.165, 1.54) is 0 Å². The molecule has 0 aromatic carbocycles. The summed E-state index contributed by atoms with van der Waals surface area (Å²) in [4.78, 5) is 9.95.